The largest absolute Gasteiger partial charge is 0.381 e. The number of hydrogen-bond donors (Lipinski definition) is 2. The number of nitrogens with two attached hydrogens (primary N) is 1. The number of hydrogen-bond acceptors (Lipinski definition) is 2. The van der Waals surface area contributed by atoms with E-state index in [-0.39, 0.29) is 17.9 Å². The van der Waals surface area contributed by atoms with Gasteiger partial charge in [0.1, 0.15) is 0 Å². The van der Waals surface area contributed by atoms with Gasteiger partial charge in [0.15, 0.2) is 0 Å². The smallest absolute Gasteiger partial charge is 0.222 e. The molecule has 3 rings (SSSR count). The van der Waals surface area contributed by atoms with Gasteiger partial charge in [-0.25, -0.2) is 0 Å². The summed E-state index contributed by atoms with van der Waals surface area (Å²) in [5.74, 6) is 0.323. The quantitative estimate of drug-likeness (QED) is 0.724. The molecule has 15 heavy (non-hydrogen) atoms. The van der Waals surface area contributed by atoms with Crippen LogP contribution in [0.5, 0.6) is 0 Å². The second-order valence-electron chi connectivity index (χ2n) is 4.45. The maximum absolute atomic E-state index is 11.3. The number of anilines is 1. The molecule has 3 N–H and O–H groups in total. The van der Waals surface area contributed by atoms with Crippen molar-refractivity contribution in [1.29, 1.82) is 0 Å². The second-order valence-corrected chi connectivity index (χ2v) is 4.45. The summed E-state index contributed by atoms with van der Waals surface area (Å²) in [6.07, 6.45) is 1.99. The fourth-order valence-corrected chi connectivity index (χ4v) is 3.00. The van der Waals surface area contributed by atoms with Crippen molar-refractivity contribution in [3.05, 3.63) is 29.8 Å². The van der Waals surface area contributed by atoms with Gasteiger partial charge in [-0.1, -0.05) is 18.2 Å². The molecule has 1 aliphatic heterocycles. The lowest BCUT2D eigenvalue weighted by molar-refractivity contribution is -0.121. The molecule has 0 radical (unpaired) electrons. The number of amides is 1. The normalized spacial score (nSPS) is 31.9. The molecule has 0 bridgehead atoms. The van der Waals surface area contributed by atoms with Gasteiger partial charge in [-0.05, 0) is 24.5 Å². The van der Waals surface area contributed by atoms with E-state index in [1.807, 2.05) is 6.07 Å². The molecule has 3 heteroatoms. The van der Waals surface area contributed by atoms with Crippen LogP contribution in [-0.4, -0.2) is 11.9 Å². The lowest BCUT2D eigenvalue weighted by Gasteiger charge is -2.16. The maximum Gasteiger partial charge on any atom is 0.222 e. The molecular weight excluding hydrogens is 188 g/mol. The molecule has 1 heterocycles. The lowest BCUT2D eigenvalue weighted by atomic mass is 9.95. The highest BCUT2D eigenvalue weighted by Gasteiger charge is 2.44. The number of rotatable bonds is 1. The average Bonchev–Trinajstić information content (AvgIpc) is 2.74. The molecule has 1 amide bonds. The Morgan fingerprint density at radius 3 is 2.93 bits per heavy atom. The van der Waals surface area contributed by atoms with Crippen LogP contribution in [0, 0.1) is 5.92 Å². The van der Waals surface area contributed by atoms with E-state index in [4.69, 9.17) is 5.73 Å². The third-order valence-corrected chi connectivity index (χ3v) is 3.70. The van der Waals surface area contributed by atoms with E-state index in [1.54, 1.807) is 0 Å². The molecule has 78 valence electrons. The van der Waals surface area contributed by atoms with Crippen LogP contribution in [-0.2, 0) is 4.79 Å². The Bertz CT molecular complexity index is 416. The number of carbonyl (C=O) groups is 1. The summed E-state index contributed by atoms with van der Waals surface area (Å²) in [5.41, 5.74) is 7.94. The standard InChI is InChI=1S/C12H14N2O/c13-12(15)9-6-5-8-7-3-1-2-4-10(7)14-11(8)9/h1-4,8-9,11,14H,5-6H2,(H2,13,15). The van der Waals surface area contributed by atoms with Crippen molar-refractivity contribution in [1.82, 2.24) is 0 Å². The lowest BCUT2D eigenvalue weighted by Crippen LogP contribution is -2.34. The highest BCUT2D eigenvalue weighted by atomic mass is 16.1. The van der Waals surface area contributed by atoms with E-state index in [0.717, 1.165) is 12.8 Å². The van der Waals surface area contributed by atoms with Gasteiger partial charge in [0.2, 0.25) is 5.91 Å². The summed E-state index contributed by atoms with van der Waals surface area (Å²) in [4.78, 5) is 11.3. The zero-order valence-corrected chi connectivity index (χ0v) is 8.44. The van der Waals surface area contributed by atoms with Gasteiger partial charge >= 0.3 is 0 Å². The summed E-state index contributed by atoms with van der Waals surface area (Å²) in [5, 5.41) is 3.43. The van der Waals surface area contributed by atoms with Crippen LogP contribution in [0.2, 0.25) is 0 Å². The van der Waals surface area contributed by atoms with Gasteiger partial charge in [-0.15, -0.1) is 0 Å². The van der Waals surface area contributed by atoms with Crippen molar-refractivity contribution in [3.63, 3.8) is 0 Å². The SMILES string of the molecule is NC(=O)C1CCC2c3ccccc3NC12. The van der Waals surface area contributed by atoms with Gasteiger partial charge in [0.25, 0.3) is 0 Å². The molecule has 1 aliphatic carbocycles. The van der Waals surface area contributed by atoms with Crippen LogP contribution in [0.25, 0.3) is 0 Å². The topological polar surface area (TPSA) is 55.1 Å². The Morgan fingerprint density at radius 1 is 1.33 bits per heavy atom. The number of para-hydroxylation sites is 1. The Hall–Kier alpha value is -1.51. The van der Waals surface area contributed by atoms with Crippen LogP contribution in [0.4, 0.5) is 5.69 Å². The number of fused-ring (bicyclic) bond motifs is 3. The predicted molar refractivity (Wildman–Crippen MR) is 58.5 cm³/mol. The van der Waals surface area contributed by atoms with E-state index in [1.165, 1.54) is 11.3 Å². The molecule has 2 aliphatic rings. The predicted octanol–water partition coefficient (Wildman–Crippen LogP) is 1.46. The first-order valence-electron chi connectivity index (χ1n) is 5.42. The minimum absolute atomic E-state index is 0.00222. The fourth-order valence-electron chi connectivity index (χ4n) is 3.00. The van der Waals surface area contributed by atoms with Crippen LogP contribution in [0.15, 0.2) is 24.3 Å². The van der Waals surface area contributed by atoms with Crippen molar-refractivity contribution in [3.8, 4) is 0 Å². The third-order valence-electron chi connectivity index (χ3n) is 3.70. The van der Waals surface area contributed by atoms with Crippen molar-refractivity contribution in [2.24, 2.45) is 11.7 Å². The highest BCUT2D eigenvalue weighted by molar-refractivity contribution is 5.80. The molecule has 0 saturated heterocycles. The van der Waals surface area contributed by atoms with E-state index in [2.05, 4.69) is 23.5 Å². The summed E-state index contributed by atoms with van der Waals surface area (Å²) in [7, 11) is 0. The van der Waals surface area contributed by atoms with E-state index in [9.17, 15) is 4.79 Å². The molecule has 1 aromatic carbocycles. The molecule has 0 spiro atoms. The number of benzene rings is 1. The van der Waals surface area contributed by atoms with Crippen LogP contribution < -0.4 is 11.1 Å². The molecule has 1 fully saturated rings. The van der Waals surface area contributed by atoms with Crippen LogP contribution >= 0.6 is 0 Å². The number of carbonyl (C=O) groups excluding carboxylic acids is 1. The first-order valence-corrected chi connectivity index (χ1v) is 5.42. The van der Waals surface area contributed by atoms with Gasteiger partial charge < -0.3 is 11.1 Å². The Morgan fingerprint density at radius 2 is 2.13 bits per heavy atom. The van der Waals surface area contributed by atoms with Gasteiger partial charge in [0.05, 0.1) is 5.92 Å². The van der Waals surface area contributed by atoms with Crippen molar-refractivity contribution < 1.29 is 4.79 Å². The first kappa shape index (κ1) is 8.77. The number of nitrogens with one attached hydrogen (secondary N) is 1. The van der Waals surface area contributed by atoms with Gasteiger partial charge in [-0.3, -0.25) is 4.79 Å². The summed E-state index contributed by atoms with van der Waals surface area (Å²) >= 11 is 0. The summed E-state index contributed by atoms with van der Waals surface area (Å²) in [6, 6.07) is 8.54. The van der Waals surface area contributed by atoms with Gasteiger partial charge in [-0.2, -0.15) is 0 Å². The minimum atomic E-state index is -0.164. The monoisotopic (exact) mass is 202 g/mol. The second kappa shape index (κ2) is 2.99. The summed E-state index contributed by atoms with van der Waals surface area (Å²) < 4.78 is 0. The Kier molecular flexibility index (Phi) is 1.75. The first-order chi connectivity index (χ1) is 7.27. The van der Waals surface area contributed by atoms with Crippen molar-refractivity contribution in [2.75, 3.05) is 5.32 Å². The average molecular weight is 202 g/mol. The molecular formula is C12H14N2O. The van der Waals surface area contributed by atoms with E-state index < -0.39 is 0 Å². The van der Waals surface area contributed by atoms with E-state index >= 15 is 0 Å². The van der Waals surface area contributed by atoms with Gasteiger partial charge in [0, 0.05) is 17.6 Å². The number of primary amides is 1. The van der Waals surface area contributed by atoms with E-state index in [0.29, 0.717) is 5.92 Å². The minimum Gasteiger partial charge on any atom is -0.381 e. The zero-order chi connectivity index (χ0) is 10.4. The molecule has 0 aromatic heterocycles. The molecule has 1 saturated carbocycles. The van der Waals surface area contributed by atoms with Crippen molar-refractivity contribution >= 4 is 11.6 Å². The van der Waals surface area contributed by atoms with Crippen LogP contribution in [0.3, 0.4) is 0 Å². The molecule has 3 atom stereocenters. The Balaban J connectivity index is 1.97. The molecule has 1 aromatic rings. The fraction of sp³-hybridized carbons (Fsp3) is 0.417. The molecule has 3 unspecified atom stereocenters. The third kappa shape index (κ3) is 1.16. The zero-order valence-electron chi connectivity index (χ0n) is 8.44. The maximum atomic E-state index is 11.3. The highest BCUT2D eigenvalue weighted by Crippen LogP contribution is 2.47. The molecule has 3 nitrogen and oxygen atoms in total. The van der Waals surface area contributed by atoms with Crippen molar-refractivity contribution in [2.45, 2.75) is 24.8 Å². The van der Waals surface area contributed by atoms with Crippen LogP contribution in [0.1, 0.15) is 24.3 Å². The summed E-state index contributed by atoms with van der Waals surface area (Å²) in [6.45, 7) is 0. The Labute approximate surface area is 88.7 Å².